The summed E-state index contributed by atoms with van der Waals surface area (Å²) in [6.07, 6.45) is 2.26. The first-order chi connectivity index (χ1) is 4.52. The fraction of sp³-hybridized carbons (Fsp3) is 0.600. The summed E-state index contributed by atoms with van der Waals surface area (Å²) >= 11 is 0. The summed E-state index contributed by atoms with van der Waals surface area (Å²) in [5.74, 6) is 0.718. The zero-order valence-corrected chi connectivity index (χ0v) is 7.41. The van der Waals surface area contributed by atoms with E-state index in [4.69, 9.17) is 0 Å². The molecule has 0 rings (SSSR count). The lowest BCUT2D eigenvalue weighted by atomic mass is 9.97. The van der Waals surface area contributed by atoms with Gasteiger partial charge in [-0.15, -0.1) is 13.2 Å². The monoisotopic (exact) mass is 138 g/mol. The van der Waals surface area contributed by atoms with Crippen LogP contribution in [0.4, 0.5) is 0 Å². The molecule has 0 radical (unpaired) electrons. The zero-order chi connectivity index (χ0) is 8.15. The third-order valence-electron chi connectivity index (χ3n) is 1.39. The second-order valence-electron chi connectivity index (χ2n) is 3.43. The van der Waals surface area contributed by atoms with Gasteiger partial charge in [-0.3, -0.25) is 0 Å². The minimum Gasteiger partial charge on any atom is -0.100 e. The Bertz CT molecular complexity index is 115. The lowest BCUT2D eigenvalue weighted by molar-refractivity contribution is 0.572. The number of hydrogen-bond acceptors (Lipinski definition) is 0. The van der Waals surface area contributed by atoms with Crippen LogP contribution in [0.2, 0.25) is 0 Å². The topological polar surface area (TPSA) is 0 Å². The van der Waals surface area contributed by atoms with Gasteiger partial charge in [-0.1, -0.05) is 18.1 Å². The molecular formula is C10H18. The normalized spacial score (nSPS) is 10.0. The molecule has 0 amide bonds. The molecule has 0 heterocycles. The summed E-state index contributed by atoms with van der Waals surface area (Å²) in [5, 5.41) is 0. The van der Waals surface area contributed by atoms with Gasteiger partial charge in [-0.2, -0.15) is 0 Å². The van der Waals surface area contributed by atoms with E-state index in [1.807, 2.05) is 0 Å². The molecule has 0 aromatic heterocycles. The van der Waals surface area contributed by atoms with Gasteiger partial charge in [0.05, 0.1) is 0 Å². The van der Waals surface area contributed by atoms with Crippen LogP contribution in [-0.4, -0.2) is 0 Å². The molecule has 0 heteroatoms. The van der Waals surface area contributed by atoms with Crippen LogP contribution in [0.3, 0.4) is 0 Å². The average Bonchev–Trinajstić information content (AvgIpc) is 1.58. The lowest BCUT2D eigenvalue weighted by Gasteiger charge is -2.09. The maximum Gasteiger partial charge on any atom is -0.0297 e. The van der Waals surface area contributed by atoms with Gasteiger partial charge >= 0.3 is 0 Å². The predicted octanol–water partition coefficient (Wildman–Crippen LogP) is 3.55. The minimum absolute atomic E-state index is 0.718. The third-order valence-corrected chi connectivity index (χ3v) is 1.39. The molecular weight excluding hydrogens is 120 g/mol. The van der Waals surface area contributed by atoms with Crippen molar-refractivity contribution >= 4 is 0 Å². The van der Waals surface area contributed by atoms with Gasteiger partial charge < -0.3 is 0 Å². The van der Waals surface area contributed by atoms with Crippen LogP contribution >= 0.6 is 0 Å². The maximum absolute atomic E-state index is 3.87. The Labute approximate surface area is 64.6 Å². The summed E-state index contributed by atoms with van der Waals surface area (Å²) < 4.78 is 0. The number of allylic oxidation sites excluding steroid dienone is 2. The van der Waals surface area contributed by atoms with E-state index < -0.39 is 0 Å². The molecule has 0 aromatic rings. The smallest absolute Gasteiger partial charge is 0.0297 e. The first-order valence-corrected chi connectivity index (χ1v) is 3.81. The van der Waals surface area contributed by atoms with Gasteiger partial charge in [0.2, 0.25) is 0 Å². The van der Waals surface area contributed by atoms with Crippen molar-refractivity contribution < 1.29 is 0 Å². The second-order valence-corrected chi connectivity index (χ2v) is 3.43. The van der Waals surface area contributed by atoms with Gasteiger partial charge in [-0.05, 0) is 32.6 Å². The molecule has 0 atom stereocenters. The molecule has 0 unspecified atom stereocenters. The van der Waals surface area contributed by atoms with E-state index in [-0.39, 0.29) is 0 Å². The highest BCUT2D eigenvalue weighted by Crippen LogP contribution is 2.16. The van der Waals surface area contributed by atoms with E-state index >= 15 is 0 Å². The molecule has 0 aliphatic heterocycles. The van der Waals surface area contributed by atoms with Crippen molar-refractivity contribution in [1.82, 2.24) is 0 Å². The molecule has 10 heavy (non-hydrogen) atoms. The first-order valence-electron chi connectivity index (χ1n) is 3.81. The summed E-state index contributed by atoms with van der Waals surface area (Å²) in [6, 6.07) is 0. The van der Waals surface area contributed by atoms with Crippen molar-refractivity contribution in [3.8, 4) is 0 Å². The Morgan fingerprint density at radius 3 is 1.60 bits per heavy atom. The molecule has 0 aliphatic rings. The molecule has 0 spiro atoms. The zero-order valence-electron chi connectivity index (χ0n) is 7.41. The van der Waals surface area contributed by atoms with E-state index in [0.29, 0.717) is 0 Å². The van der Waals surface area contributed by atoms with Crippen molar-refractivity contribution in [3.05, 3.63) is 24.3 Å². The first kappa shape index (κ1) is 9.48. The lowest BCUT2D eigenvalue weighted by Crippen LogP contribution is -1.94. The summed E-state index contributed by atoms with van der Waals surface area (Å²) in [7, 11) is 0. The van der Waals surface area contributed by atoms with Crippen LogP contribution in [-0.2, 0) is 0 Å². The number of rotatable bonds is 4. The molecule has 0 N–H and O–H groups in total. The molecule has 58 valence electrons. The van der Waals surface area contributed by atoms with Crippen LogP contribution < -0.4 is 0 Å². The Kier molecular flexibility index (Phi) is 4.10. The quantitative estimate of drug-likeness (QED) is 0.521. The molecule has 0 nitrogen and oxygen atoms in total. The van der Waals surface area contributed by atoms with Crippen LogP contribution in [0, 0.1) is 5.92 Å². The summed E-state index contributed by atoms with van der Waals surface area (Å²) in [4.78, 5) is 0. The Hall–Kier alpha value is -0.520. The summed E-state index contributed by atoms with van der Waals surface area (Å²) in [6.45, 7) is 14.1. The van der Waals surface area contributed by atoms with Crippen molar-refractivity contribution in [3.63, 3.8) is 0 Å². The molecule has 0 saturated heterocycles. The molecule has 0 saturated carbocycles. The fourth-order valence-electron chi connectivity index (χ4n) is 1.26. The molecule has 0 aromatic carbocycles. The maximum atomic E-state index is 3.87. The van der Waals surface area contributed by atoms with Crippen LogP contribution in [0.25, 0.3) is 0 Å². The van der Waals surface area contributed by atoms with Gasteiger partial charge in [0.15, 0.2) is 0 Å². The largest absolute Gasteiger partial charge is 0.100 e. The van der Waals surface area contributed by atoms with Crippen LogP contribution in [0.1, 0.15) is 33.6 Å². The Balaban J connectivity index is 3.53. The van der Waals surface area contributed by atoms with E-state index in [9.17, 15) is 0 Å². The third kappa shape index (κ3) is 5.61. The van der Waals surface area contributed by atoms with Crippen molar-refractivity contribution in [2.75, 3.05) is 0 Å². The van der Waals surface area contributed by atoms with Crippen LogP contribution in [0.15, 0.2) is 24.3 Å². The van der Waals surface area contributed by atoms with Gasteiger partial charge in [0.1, 0.15) is 0 Å². The highest BCUT2D eigenvalue weighted by molar-refractivity contribution is 4.95. The van der Waals surface area contributed by atoms with E-state index in [1.165, 1.54) is 11.1 Å². The Morgan fingerprint density at radius 2 is 1.40 bits per heavy atom. The van der Waals surface area contributed by atoms with Crippen molar-refractivity contribution in [1.29, 1.82) is 0 Å². The highest BCUT2D eigenvalue weighted by atomic mass is 14.1. The standard InChI is InChI=1S/C10H18/c1-8(2)6-10(5)7-9(3)4/h10H,1,3,6-7H2,2,4-5H3. The van der Waals surface area contributed by atoms with Crippen LogP contribution in [0.5, 0.6) is 0 Å². The van der Waals surface area contributed by atoms with Gasteiger partial charge in [-0.25, -0.2) is 0 Å². The average molecular weight is 138 g/mol. The van der Waals surface area contributed by atoms with Gasteiger partial charge in [0.25, 0.3) is 0 Å². The van der Waals surface area contributed by atoms with E-state index in [2.05, 4.69) is 33.9 Å². The molecule has 0 aliphatic carbocycles. The van der Waals surface area contributed by atoms with Crippen molar-refractivity contribution in [2.24, 2.45) is 5.92 Å². The minimum atomic E-state index is 0.718. The van der Waals surface area contributed by atoms with Gasteiger partial charge in [0, 0.05) is 0 Å². The molecule has 0 fully saturated rings. The van der Waals surface area contributed by atoms with Crippen molar-refractivity contribution in [2.45, 2.75) is 33.6 Å². The Morgan fingerprint density at radius 1 is 1.10 bits per heavy atom. The fourth-order valence-corrected chi connectivity index (χ4v) is 1.26. The van der Waals surface area contributed by atoms with E-state index in [0.717, 1.165) is 18.8 Å². The number of hydrogen-bond donors (Lipinski definition) is 0. The second kappa shape index (κ2) is 4.32. The molecule has 0 bridgehead atoms. The predicted molar refractivity (Wildman–Crippen MR) is 48.0 cm³/mol. The van der Waals surface area contributed by atoms with E-state index in [1.54, 1.807) is 0 Å². The summed E-state index contributed by atoms with van der Waals surface area (Å²) in [5.41, 5.74) is 2.54. The highest BCUT2D eigenvalue weighted by Gasteiger charge is 2.00. The SMILES string of the molecule is C=C(C)CC(C)CC(=C)C.